The number of hydrogen-bond acceptors (Lipinski definition) is 3. The number of pyridine rings is 1. The molecule has 0 aliphatic carbocycles. The number of ether oxygens (including phenoxy) is 1. The SMILES string of the molecule is Cc1cc(Cl)ccc1Oc1ccc(NC(=O)c2c(Cl)cccc2Cl)c(C)n1. The highest BCUT2D eigenvalue weighted by molar-refractivity contribution is 6.40. The zero-order valence-corrected chi connectivity index (χ0v) is 16.8. The van der Waals surface area contributed by atoms with Crippen LogP contribution < -0.4 is 10.1 Å². The van der Waals surface area contributed by atoms with Crippen LogP contribution in [0.15, 0.2) is 48.5 Å². The number of hydrogen-bond donors (Lipinski definition) is 1. The first kappa shape index (κ1) is 19.5. The van der Waals surface area contributed by atoms with E-state index in [-0.39, 0.29) is 15.6 Å². The number of nitrogens with one attached hydrogen (secondary N) is 1. The van der Waals surface area contributed by atoms with Gasteiger partial charge in [0.15, 0.2) is 0 Å². The molecule has 7 heteroatoms. The Hall–Kier alpha value is -2.27. The lowest BCUT2D eigenvalue weighted by molar-refractivity contribution is 0.102. The number of benzene rings is 2. The molecule has 0 aliphatic rings. The molecule has 0 radical (unpaired) electrons. The van der Waals surface area contributed by atoms with Crippen LogP contribution in [0.2, 0.25) is 15.1 Å². The summed E-state index contributed by atoms with van der Waals surface area (Å²) in [6, 6.07) is 13.6. The number of rotatable bonds is 4. The third kappa shape index (κ3) is 4.53. The lowest BCUT2D eigenvalue weighted by atomic mass is 10.2. The quantitative estimate of drug-likeness (QED) is 0.509. The maximum atomic E-state index is 12.5. The molecule has 1 heterocycles. The summed E-state index contributed by atoms with van der Waals surface area (Å²) in [4.78, 5) is 16.9. The molecule has 3 aromatic rings. The molecule has 3 rings (SSSR count). The zero-order valence-electron chi connectivity index (χ0n) is 14.5. The van der Waals surface area contributed by atoms with Crippen molar-refractivity contribution in [2.45, 2.75) is 13.8 Å². The fourth-order valence-corrected chi connectivity index (χ4v) is 3.26. The molecule has 0 unspecified atom stereocenters. The zero-order chi connectivity index (χ0) is 19.6. The molecule has 4 nitrogen and oxygen atoms in total. The molecule has 2 aromatic carbocycles. The lowest BCUT2D eigenvalue weighted by Crippen LogP contribution is -2.14. The van der Waals surface area contributed by atoms with E-state index in [1.165, 1.54) is 0 Å². The second-order valence-electron chi connectivity index (χ2n) is 5.85. The van der Waals surface area contributed by atoms with Crippen molar-refractivity contribution < 1.29 is 9.53 Å². The van der Waals surface area contributed by atoms with Gasteiger partial charge in [0.05, 0.1) is 27.0 Å². The number of aromatic nitrogens is 1. The van der Waals surface area contributed by atoms with E-state index >= 15 is 0 Å². The van der Waals surface area contributed by atoms with Crippen molar-refractivity contribution in [2.24, 2.45) is 0 Å². The van der Waals surface area contributed by atoms with Gasteiger partial charge in [0.2, 0.25) is 5.88 Å². The molecule has 0 bridgehead atoms. The van der Waals surface area contributed by atoms with E-state index in [9.17, 15) is 4.79 Å². The Morgan fingerprint density at radius 2 is 1.70 bits per heavy atom. The summed E-state index contributed by atoms with van der Waals surface area (Å²) in [5.74, 6) is 0.662. The van der Waals surface area contributed by atoms with Crippen molar-refractivity contribution >= 4 is 46.4 Å². The monoisotopic (exact) mass is 420 g/mol. The molecule has 1 N–H and O–H groups in total. The first-order chi connectivity index (χ1) is 12.8. The Labute approximate surface area is 172 Å². The number of anilines is 1. The molecule has 0 fully saturated rings. The molecule has 0 saturated heterocycles. The number of carbonyl (C=O) groups excluding carboxylic acids is 1. The highest BCUT2D eigenvalue weighted by atomic mass is 35.5. The summed E-state index contributed by atoms with van der Waals surface area (Å²) in [5.41, 5.74) is 2.25. The van der Waals surface area contributed by atoms with Gasteiger partial charge in [-0.05, 0) is 55.8 Å². The van der Waals surface area contributed by atoms with E-state index in [2.05, 4.69) is 10.3 Å². The van der Waals surface area contributed by atoms with Gasteiger partial charge in [-0.3, -0.25) is 4.79 Å². The van der Waals surface area contributed by atoms with E-state index < -0.39 is 5.91 Å². The van der Waals surface area contributed by atoms with Crippen molar-refractivity contribution in [2.75, 3.05) is 5.32 Å². The lowest BCUT2D eigenvalue weighted by Gasteiger charge is -2.12. The fourth-order valence-electron chi connectivity index (χ4n) is 2.47. The minimum Gasteiger partial charge on any atom is -0.439 e. The molecule has 1 aromatic heterocycles. The topological polar surface area (TPSA) is 51.2 Å². The van der Waals surface area contributed by atoms with Gasteiger partial charge in [0, 0.05) is 11.1 Å². The molecular formula is C20H15Cl3N2O2. The van der Waals surface area contributed by atoms with Crippen molar-refractivity contribution in [3.63, 3.8) is 0 Å². The average Bonchev–Trinajstić information content (AvgIpc) is 2.59. The molecule has 1 amide bonds. The molecule has 138 valence electrons. The van der Waals surface area contributed by atoms with E-state index in [1.807, 2.05) is 13.0 Å². The molecule has 27 heavy (non-hydrogen) atoms. The highest BCUT2D eigenvalue weighted by Crippen LogP contribution is 2.29. The Kier molecular flexibility index (Phi) is 5.90. The average molecular weight is 422 g/mol. The fraction of sp³-hybridized carbons (Fsp3) is 0.100. The second kappa shape index (κ2) is 8.17. The predicted octanol–water partition coefficient (Wildman–Crippen LogP) is 6.70. The summed E-state index contributed by atoms with van der Waals surface area (Å²) in [6.07, 6.45) is 0. The van der Waals surface area contributed by atoms with Crippen LogP contribution in [0.5, 0.6) is 11.6 Å². The molecule has 0 aliphatic heterocycles. The van der Waals surface area contributed by atoms with Gasteiger partial charge >= 0.3 is 0 Å². The first-order valence-corrected chi connectivity index (χ1v) is 9.15. The van der Waals surface area contributed by atoms with Crippen LogP contribution in [0, 0.1) is 13.8 Å². The van der Waals surface area contributed by atoms with Gasteiger partial charge in [-0.15, -0.1) is 0 Å². The van der Waals surface area contributed by atoms with Gasteiger partial charge in [0.1, 0.15) is 5.75 Å². The molecule has 0 spiro atoms. The minimum atomic E-state index is -0.405. The Balaban J connectivity index is 1.80. The Morgan fingerprint density at radius 1 is 1.00 bits per heavy atom. The van der Waals surface area contributed by atoms with Gasteiger partial charge < -0.3 is 10.1 Å². The normalized spacial score (nSPS) is 10.6. The van der Waals surface area contributed by atoms with Crippen LogP contribution in [-0.4, -0.2) is 10.9 Å². The summed E-state index contributed by atoms with van der Waals surface area (Å²) < 4.78 is 5.80. The van der Waals surface area contributed by atoms with Crippen molar-refractivity contribution in [1.82, 2.24) is 4.98 Å². The number of halogens is 3. The van der Waals surface area contributed by atoms with Crippen LogP contribution >= 0.6 is 34.8 Å². The summed E-state index contributed by atoms with van der Waals surface area (Å²) >= 11 is 18.1. The van der Waals surface area contributed by atoms with Gasteiger partial charge in [-0.1, -0.05) is 40.9 Å². The predicted molar refractivity (Wildman–Crippen MR) is 110 cm³/mol. The number of amides is 1. The van der Waals surface area contributed by atoms with Gasteiger partial charge in [0.25, 0.3) is 5.91 Å². The Bertz CT molecular complexity index is 1000. The van der Waals surface area contributed by atoms with E-state index in [1.54, 1.807) is 49.4 Å². The van der Waals surface area contributed by atoms with Crippen LogP contribution in [0.3, 0.4) is 0 Å². The largest absolute Gasteiger partial charge is 0.439 e. The van der Waals surface area contributed by atoms with Gasteiger partial charge in [-0.25, -0.2) is 4.98 Å². The second-order valence-corrected chi connectivity index (χ2v) is 7.10. The third-order valence-corrected chi connectivity index (χ3v) is 4.71. The van der Waals surface area contributed by atoms with Crippen LogP contribution in [0.25, 0.3) is 0 Å². The molecule has 0 saturated carbocycles. The third-order valence-electron chi connectivity index (χ3n) is 3.85. The number of aryl methyl sites for hydroxylation is 2. The maximum absolute atomic E-state index is 12.5. The van der Waals surface area contributed by atoms with E-state index in [4.69, 9.17) is 39.5 Å². The maximum Gasteiger partial charge on any atom is 0.258 e. The summed E-state index contributed by atoms with van der Waals surface area (Å²) in [6.45, 7) is 3.67. The molecule has 0 atom stereocenters. The molecular weight excluding hydrogens is 407 g/mol. The summed E-state index contributed by atoms with van der Waals surface area (Å²) in [7, 11) is 0. The standard InChI is InChI=1S/C20H15Cl3N2O2/c1-11-10-13(21)6-8-17(11)27-18-9-7-16(12(2)24-18)25-20(26)19-14(22)4-3-5-15(19)23/h3-10H,1-2H3,(H,25,26). The minimum absolute atomic E-state index is 0.220. The van der Waals surface area contributed by atoms with Gasteiger partial charge in [-0.2, -0.15) is 0 Å². The van der Waals surface area contributed by atoms with Crippen molar-refractivity contribution in [3.8, 4) is 11.6 Å². The summed E-state index contributed by atoms with van der Waals surface area (Å²) in [5, 5.41) is 3.98. The number of nitrogens with zero attached hydrogens (tertiary/aromatic N) is 1. The Morgan fingerprint density at radius 3 is 2.33 bits per heavy atom. The van der Waals surface area contributed by atoms with Crippen LogP contribution in [0.1, 0.15) is 21.6 Å². The van der Waals surface area contributed by atoms with Crippen molar-refractivity contribution in [1.29, 1.82) is 0 Å². The highest BCUT2D eigenvalue weighted by Gasteiger charge is 2.16. The van der Waals surface area contributed by atoms with Crippen LogP contribution in [-0.2, 0) is 0 Å². The van der Waals surface area contributed by atoms with E-state index in [0.717, 1.165) is 5.56 Å². The van der Waals surface area contributed by atoms with Crippen molar-refractivity contribution in [3.05, 3.63) is 80.4 Å². The smallest absolute Gasteiger partial charge is 0.258 e. The van der Waals surface area contributed by atoms with E-state index in [0.29, 0.717) is 28.0 Å². The van der Waals surface area contributed by atoms with Crippen LogP contribution in [0.4, 0.5) is 5.69 Å². The number of carbonyl (C=O) groups is 1. The first-order valence-electron chi connectivity index (χ1n) is 8.02.